The Balaban J connectivity index is 1.99. The lowest BCUT2D eigenvalue weighted by Crippen LogP contribution is -2.30. The van der Waals surface area contributed by atoms with E-state index in [2.05, 4.69) is 26.0 Å². The van der Waals surface area contributed by atoms with Crippen molar-refractivity contribution in [2.24, 2.45) is 0 Å². The summed E-state index contributed by atoms with van der Waals surface area (Å²) in [6.45, 7) is 1.81. The number of anilines is 1. The van der Waals surface area contributed by atoms with Gasteiger partial charge in [-0.1, -0.05) is 0 Å². The van der Waals surface area contributed by atoms with E-state index in [1.165, 1.54) is 7.11 Å². The van der Waals surface area contributed by atoms with Crippen molar-refractivity contribution in [3.63, 3.8) is 0 Å². The number of nitrogens with one attached hydrogen (secondary N) is 1. The van der Waals surface area contributed by atoms with Crippen LogP contribution in [-0.2, 0) is 16.1 Å². The van der Waals surface area contributed by atoms with Crippen LogP contribution in [0.1, 0.15) is 21.9 Å². The number of ether oxygens (including phenoxy) is 1. The van der Waals surface area contributed by atoms with Crippen LogP contribution in [0.3, 0.4) is 0 Å². The lowest BCUT2D eigenvalue weighted by molar-refractivity contribution is -0.117. The summed E-state index contributed by atoms with van der Waals surface area (Å²) < 4.78 is 37.1. The van der Waals surface area contributed by atoms with Gasteiger partial charge in [-0.2, -0.15) is 0 Å². The highest BCUT2D eigenvalue weighted by molar-refractivity contribution is 9.10. The number of carbonyl (C=O) groups is 2. The van der Waals surface area contributed by atoms with E-state index in [1.54, 1.807) is 24.9 Å². The Morgan fingerprint density at radius 2 is 2.00 bits per heavy atom. The second-order valence-corrected chi connectivity index (χ2v) is 6.49. The SMILES string of the molecule is COC(=O)c1cc(CN(C)CC(=O)Nc2c(F)cc(F)cc2Br)oc1C. The van der Waals surface area contributed by atoms with Gasteiger partial charge >= 0.3 is 5.97 Å². The highest BCUT2D eigenvalue weighted by Crippen LogP contribution is 2.26. The molecule has 0 atom stereocenters. The highest BCUT2D eigenvalue weighted by atomic mass is 79.9. The Morgan fingerprint density at radius 1 is 1.31 bits per heavy atom. The van der Waals surface area contributed by atoms with Crippen LogP contribution in [-0.4, -0.2) is 37.5 Å². The molecular formula is C17H17BrF2N2O4. The van der Waals surface area contributed by atoms with Crippen LogP contribution in [0.15, 0.2) is 27.1 Å². The molecule has 2 rings (SSSR count). The molecule has 1 N–H and O–H groups in total. The summed E-state index contributed by atoms with van der Waals surface area (Å²) >= 11 is 3.01. The summed E-state index contributed by atoms with van der Waals surface area (Å²) in [5.74, 6) is -1.73. The Hall–Kier alpha value is -2.26. The molecule has 0 aliphatic heterocycles. The zero-order chi connectivity index (χ0) is 19.4. The number of hydrogen-bond acceptors (Lipinski definition) is 5. The standard InChI is InChI=1S/C17H17BrF2N2O4/c1-9-12(17(24)25-3)6-11(26-9)7-22(2)8-15(23)21-16-13(18)4-10(19)5-14(16)20/h4-6H,7-8H2,1-3H3,(H,21,23). The average molecular weight is 431 g/mol. The molecule has 26 heavy (non-hydrogen) atoms. The molecule has 2 aromatic rings. The van der Waals surface area contributed by atoms with Gasteiger partial charge in [-0.3, -0.25) is 9.69 Å². The highest BCUT2D eigenvalue weighted by Gasteiger charge is 2.18. The number of likely N-dealkylation sites (N-methyl/N-ethyl adjacent to an activating group) is 1. The molecular weight excluding hydrogens is 414 g/mol. The van der Waals surface area contributed by atoms with Crippen molar-refractivity contribution in [3.05, 3.63) is 51.4 Å². The molecule has 0 fully saturated rings. The molecule has 9 heteroatoms. The molecule has 1 amide bonds. The fourth-order valence-corrected chi connectivity index (χ4v) is 2.85. The van der Waals surface area contributed by atoms with Crippen LogP contribution in [0, 0.1) is 18.6 Å². The zero-order valence-corrected chi connectivity index (χ0v) is 15.9. The Bertz CT molecular complexity index is 815. The van der Waals surface area contributed by atoms with Crippen LogP contribution >= 0.6 is 15.9 Å². The van der Waals surface area contributed by atoms with E-state index in [0.717, 1.165) is 6.07 Å². The average Bonchev–Trinajstić information content (AvgIpc) is 2.90. The van der Waals surface area contributed by atoms with E-state index in [-0.39, 0.29) is 23.2 Å². The predicted octanol–water partition coefficient (Wildman–Crippen LogP) is 3.49. The van der Waals surface area contributed by atoms with Crippen molar-refractivity contribution in [2.45, 2.75) is 13.5 Å². The first-order valence-corrected chi connectivity index (χ1v) is 8.31. The number of furan rings is 1. The Kier molecular flexibility index (Phi) is 6.49. The number of hydrogen-bond donors (Lipinski definition) is 1. The monoisotopic (exact) mass is 430 g/mol. The van der Waals surface area contributed by atoms with E-state index in [9.17, 15) is 18.4 Å². The summed E-state index contributed by atoms with van der Waals surface area (Å²) in [6, 6.07) is 3.29. The number of benzene rings is 1. The number of nitrogens with zero attached hydrogens (tertiary/aromatic N) is 1. The summed E-state index contributed by atoms with van der Waals surface area (Å²) in [5, 5.41) is 2.39. The summed E-state index contributed by atoms with van der Waals surface area (Å²) in [5.41, 5.74) is 0.185. The number of rotatable bonds is 6. The molecule has 0 saturated carbocycles. The second-order valence-electron chi connectivity index (χ2n) is 5.64. The van der Waals surface area contributed by atoms with E-state index in [4.69, 9.17) is 4.42 Å². The number of halogens is 3. The molecule has 1 heterocycles. The smallest absolute Gasteiger partial charge is 0.341 e. The van der Waals surface area contributed by atoms with E-state index in [0.29, 0.717) is 23.2 Å². The molecule has 0 spiro atoms. The number of carbonyl (C=O) groups excluding carboxylic acids is 2. The minimum atomic E-state index is -0.878. The maximum atomic E-state index is 13.8. The lowest BCUT2D eigenvalue weighted by Gasteiger charge is -2.15. The quantitative estimate of drug-likeness (QED) is 0.710. The van der Waals surface area contributed by atoms with Gasteiger partial charge in [0.25, 0.3) is 0 Å². The van der Waals surface area contributed by atoms with Crippen molar-refractivity contribution in [2.75, 3.05) is 26.0 Å². The van der Waals surface area contributed by atoms with Gasteiger partial charge in [0.2, 0.25) is 5.91 Å². The van der Waals surface area contributed by atoms with Crippen LogP contribution < -0.4 is 5.32 Å². The van der Waals surface area contributed by atoms with Gasteiger partial charge < -0.3 is 14.5 Å². The van der Waals surface area contributed by atoms with Gasteiger partial charge in [-0.05, 0) is 42.0 Å². The molecule has 0 bridgehead atoms. The minimum Gasteiger partial charge on any atom is -0.465 e. The number of aryl methyl sites for hydroxylation is 1. The van der Waals surface area contributed by atoms with Gasteiger partial charge in [-0.25, -0.2) is 13.6 Å². The van der Waals surface area contributed by atoms with Gasteiger partial charge in [0.1, 0.15) is 22.9 Å². The molecule has 1 aromatic heterocycles. The molecule has 140 valence electrons. The first-order valence-electron chi connectivity index (χ1n) is 7.51. The molecule has 0 aliphatic carbocycles. The van der Waals surface area contributed by atoms with Crippen molar-refractivity contribution >= 4 is 33.5 Å². The minimum absolute atomic E-state index is 0.0729. The summed E-state index contributed by atoms with van der Waals surface area (Å²) in [4.78, 5) is 25.3. The van der Waals surface area contributed by atoms with E-state index < -0.39 is 23.5 Å². The Labute approximate surface area is 157 Å². The van der Waals surface area contributed by atoms with Crippen LogP contribution in [0.5, 0.6) is 0 Å². The largest absolute Gasteiger partial charge is 0.465 e. The van der Waals surface area contributed by atoms with Gasteiger partial charge in [0.15, 0.2) is 5.82 Å². The third kappa shape index (κ3) is 4.89. The normalized spacial score (nSPS) is 10.9. The van der Waals surface area contributed by atoms with Gasteiger partial charge in [0.05, 0.1) is 25.9 Å². The fourth-order valence-electron chi connectivity index (χ4n) is 2.34. The third-order valence-electron chi connectivity index (χ3n) is 3.48. The number of esters is 1. The molecule has 6 nitrogen and oxygen atoms in total. The van der Waals surface area contributed by atoms with Gasteiger partial charge in [-0.15, -0.1) is 0 Å². The van der Waals surface area contributed by atoms with Crippen molar-refractivity contribution in [1.82, 2.24) is 4.90 Å². The predicted molar refractivity (Wildman–Crippen MR) is 93.8 cm³/mol. The number of methoxy groups -OCH3 is 1. The molecule has 0 saturated heterocycles. The third-order valence-corrected chi connectivity index (χ3v) is 4.11. The molecule has 0 aliphatic rings. The molecule has 1 aromatic carbocycles. The Morgan fingerprint density at radius 3 is 2.62 bits per heavy atom. The van der Waals surface area contributed by atoms with Gasteiger partial charge in [0, 0.05) is 10.5 Å². The summed E-state index contributed by atoms with van der Waals surface area (Å²) in [7, 11) is 2.93. The van der Waals surface area contributed by atoms with Crippen LogP contribution in [0.2, 0.25) is 0 Å². The summed E-state index contributed by atoms with van der Waals surface area (Å²) in [6.07, 6.45) is 0. The van der Waals surface area contributed by atoms with Crippen molar-refractivity contribution in [1.29, 1.82) is 0 Å². The molecule has 0 unspecified atom stereocenters. The van der Waals surface area contributed by atoms with Crippen LogP contribution in [0.4, 0.5) is 14.5 Å². The topological polar surface area (TPSA) is 71.8 Å². The van der Waals surface area contributed by atoms with Crippen LogP contribution in [0.25, 0.3) is 0 Å². The number of amides is 1. The van der Waals surface area contributed by atoms with Crippen molar-refractivity contribution in [3.8, 4) is 0 Å². The maximum Gasteiger partial charge on any atom is 0.341 e. The second kappa shape index (κ2) is 8.41. The van der Waals surface area contributed by atoms with E-state index >= 15 is 0 Å². The lowest BCUT2D eigenvalue weighted by atomic mass is 10.2. The van der Waals surface area contributed by atoms with E-state index in [1.807, 2.05) is 0 Å². The zero-order valence-electron chi connectivity index (χ0n) is 14.4. The molecule has 0 radical (unpaired) electrons. The first kappa shape index (κ1) is 20.1. The fraction of sp³-hybridized carbons (Fsp3) is 0.294. The first-order chi connectivity index (χ1) is 12.2. The maximum absolute atomic E-state index is 13.8. The van der Waals surface area contributed by atoms with Crippen molar-refractivity contribution < 1.29 is 27.5 Å².